The molecule has 104 valence electrons. The van der Waals surface area contributed by atoms with Gasteiger partial charge in [0.05, 0.1) is 5.56 Å². The lowest BCUT2D eigenvalue weighted by Gasteiger charge is -2.13. The van der Waals surface area contributed by atoms with E-state index in [1.807, 2.05) is 18.2 Å². The molecule has 0 aliphatic heterocycles. The Hall–Kier alpha value is -2.53. The zero-order chi connectivity index (χ0) is 14.5. The van der Waals surface area contributed by atoms with Crippen LogP contribution in [-0.2, 0) is 6.42 Å². The SMILES string of the molecule is NC(=O)c1ccc(N)cc1Oc1ccccc1CCO. The van der Waals surface area contributed by atoms with Gasteiger partial charge in [-0.25, -0.2) is 0 Å². The maximum Gasteiger partial charge on any atom is 0.252 e. The Morgan fingerprint density at radius 2 is 1.90 bits per heavy atom. The Morgan fingerprint density at radius 3 is 2.60 bits per heavy atom. The number of amides is 1. The topological polar surface area (TPSA) is 98.6 Å². The van der Waals surface area contributed by atoms with E-state index in [1.54, 1.807) is 18.2 Å². The molecule has 5 heteroatoms. The molecule has 1 amide bonds. The van der Waals surface area contributed by atoms with Crippen LogP contribution in [0.2, 0.25) is 0 Å². The molecule has 20 heavy (non-hydrogen) atoms. The van der Waals surface area contributed by atoms with Gasteiger partial charge in [0.1, 0.15) is 11.5 Å². The normalized spacial score (nSPS) is 10.2. The van der Waals surface area contributed by atoms with Gasteiger partial charge in [-0.05, 0) is 30.2 Å². The number of hydrogen-bond acceptors (Lipinski definition) is 4. The van der Waals surface area contributed by atoms with Gasteiger partial charge in [0.25, 0.3) is 5.91 Å². The zero-order valence-electron chi connectivity index (χ0n) is 10.9. The minimum absolute atomic E-state index is 0.0139. The van der Waals surface area contributed by atoms with Crippen LogP contribution in [0.1, 0.15) is 15.9 Å². The number of primary amides is 1. The summed E-state index contributed by atoms with van der Waals surface area (Å²) in [6.45, 7) is 0.0139. The number of benzene rings is 2. The number of ether oxygens (including phenoxy) is 1. The largest absolute Gasteiger partial charge is 0.456 e. The number of nitrogens with two attached hydrogens (primary N) is 2. The van der Waals surface area contributed by atoms with Crippen LogP contribution in [0.4, 0.5) is 5.69 Å². The van der Waals surface area contributed by atoms with Crippen molar-refractivity contribution in [1.29, 1.82) is 0 Å². The van der Waals surface area contributed by atoms with Crippen molar-refractivity contribution in [2.75, 3.05) is 12.3 Å². The predicted octanol–water partition coefficient (Wildman–Crippen LogP) is 1.69. The second-order valence-electron chi connectivity index (χ2n) is 4.30. The lowest BCUT2D eigenvalue weighted by atomic mass is 10.1. The molecule has 0 aromatic heterocycles. The fraction of sp³-hybridized carbons (Fsp3) is 0.133. The van der Waals surface area contributed by atoms with Crippen LogP contribution in [-0.4, -0.2) is 17.6 Å². The van der Waals surface area contributed by atoms with E-state index in [4.69, 9.17) is 21.3 Å². The average molecular weight is 272 g/mol. The quantitative estimate of drug-likeness (QED) is 0.721. The molecule has 0 unspecified atom stereocenters. The fourth-order valence-electron chi connectivity index (χ4n) is 1.88. The number of rotatable bonds is 5. The molecule has 0 bridgehead atoms. The number of para-hydroxylation sites is 1. The van der Waals surface area contributed by atoms with Crippen LogP contribution in [0.5, 0.6) is 11.5 Å². The van der Waals surface area contributed by atoms with E-state index in [1.165, 1.54) is 6.07 Å². The van der Waals surface area contributed by atoms with Crippen molar-refractivity contribution in [3.63, 3.8) is 0 Å². The molecule has 0 heterocycles. The molecule has 2 rings (SSSR count). The lowest BCUT2D eigenvalue weighted by Crippen LogP contribution is -2.12. The smallest absolute Gasteiger partial charge is 0.252 e. The third-order valence-corrected chi connectivity index (χ3v) is 2.84. The van der Waals surface area contributed by atoms with Gasteiger partial charge in [0, 0.05) is 18.4 Å². The third-order valence-electron chi connectivity index (χ3n) is 2.84. The number of aliphatic hydroxyl groups excluding tert-OH is 1. The van der Waals surface area contributed by atoms with Crippen molar-refractivity contribution in [2.24, 2.45) is 5.73 Å². The highest BCUT2D eigenvalue weighted by Crippen LogP contribution is 2.29. The minimum atomic E-state index is -0.584. The van der Waals surface area contributed by atoms with Crippen LogP contribution < -0.4 is 16.2 Å². The summed E-state index contributed by atoms with van der Waals surface area (Å²) < 4.78 is 5.74. The number of aliphatic hydroxyl groups is 1. The first-order valence-corrected chi connectivity index (χ1v) is 6.17. The van der Waals surface area contributed by atoms with Crippen molar-refractivity contribution in [2.45, 2.75) is 6.42 Å². The molecule has 0 atom stereocenters. The molecular formula is C15H16N2O3. The van der Waals surface area contributed by atoms with Gasteiger partial charge in [-0.15, -0.1) is 0 Å². The monoisotopic (exact) mass is 272 g/mol. The minimum Gasteiger partial charge on any atom is -0.456 e. The van der Waals surface area contributed by atoms with E-state index in [0.29, 0.717) is 23.6 Å². The van der Waals surface area contributed by atoms with E-state index in [0.717, 1.165) is 5.56 Å². The molecule has 0 spiro atoms. The summed E-state index contributed by atoms with van der Waals surface area (Å²) in [7, 11) is 0. The molecule has 5 nitrogen and oxygen atoms in total. The number of anilines is 1. The van der Waals surface area contributed by atoms with E-state index in [2.05, 4.69) is 0 Å². The van der Waals surface area contributed by atoms with Crippen molar-refractivity contribution >= 4 is 11.6 Å². The summed E-state index contributed by atoms with van der Waals surface area (Å²) in [6.07, 6.45) is 0.463. The Kier molecular flexibility index (Phi) is 4.22. The van der Waals surface area contributed by atoms with Gasteiger partial charge in [-0.2, -0.15) is 0 Å². The van der Waals surface area contributed by atoms with Gasteiger partial charge >= 0.3 is 0 Å². The summed E-state index contributed by atoms with van der Waals surface area (Å²) in [5, 5.41) is 9.05. The van der Waals surface area contributed by atoms with Crippen LogP contribution in [0.25, 0.3) is 0 Å². The van der Waals surface area contributed by atoms with E-state index in [9.17, 15) is 4.79 Å². The van der Waals surface area contributed by atoms with Crippen molar-refractivity contribution in [3.05, 3.63) is 53.6 Å². The van der Waals surface area contributed by atoms with Crippen molar-refractivity contribution < 1.29 is 14.6 Å². The van der Waals surface area contributed by atoms with E-state index >= 15 is 0 Å². The van der Waals surface area contributed by atoms with Crippen molar-refractivity contribution in [1.82, 2.24) is 0 Å². The second-order valence-corrected chi connectivity index (χ2v) is 4.30. The molecule has 2 aromatic carbocycles. The van der Waals surface area contributed by atoms with Crippen LogP contribution >= 0.6 is 0 Å². The zero-order valence-corrected chi connectivity index (χ0v) is 10.9. The highest BCUT2D eigenvalue weighted by Gasteiger charge is 2.12. The molecule has 0 aliphatic rings. The van der Waals surface area contributed by atoms with E-state index in [-0.39, 0.29) is 12.2 Å². The Morgan fingerprint density at radius 1 is 1.15 bits per heavy atom. The molecule has 0 fully saturated rings. The Balaban J connectivity index is 2.39. The van der Waals surface area contributed by atoms with E-state index < -0.39 is 5.91 Å². The first-order valence-electron chi connectivity index (χ1n) is 6.17. The summed E-state index contributed by atoms with van der Waals surface area (Å²) in [5.74, 6) is 0.289. The molecule has 5 N–H and O–H groups in total. The van der Waals surface area contributed by atoms with Crippen LogP contribution in [0, 0.1) is 0 Å². The van der Waals surface area contributed by atoms with Crippen LogP contribution in [0.3, 0.4) is 0 Å². The highest BCUT2D eigenvalue weighted by molar-refractivity contribution is 5.96. The maximum atomic E-state index is 11.4. The van der Waals surface area contributed by atoms with Gasteiger partial charge < -0.3 is 21.3 Å². The van der Waals surface area contributed by atoms with Crippen molar-refractivity contribution in [3.8, 4) is 11.5 Å². The van der Waals surface area contributed by atoms with Gasteiger partial charge in [0.2, 0.25) is 0 Å². The third kappa shape index (κ3) is 3.07. The molecule has 0 saturated carbocycles. The van der Waals surface area contributed by atoms with Gasteiger partial charge in [-0.3, -0.25) is 4.79 Å². The molecule has 0 saturated heterocycles. The standard InChI is InChI=1S/C15H16N2O3/c16-11-5-6-12(15(17)19)14(9-11)20-13-4-2-1-3-10(13)7-8-18/h1-6,9,18H,7-8,16H2,(H2,17,19). The first kappa shape index (κ1) is 13.9. The van der Waals surface area contributed by atoms with Crippen LogP contribution in [0.15, 0.2) is 42.5 Å². The summed E-state index contributed by atoms with van der Waals surface area (Å²) >= 11 is 0. The number of carbonyl (C=O) groups is 1. The number of nitrogen functional groups attached to an aromatic ring is 1. The summed E-state index contributed by atoms with van der Waals surface area (Å²) in [4.78, 5) is 11.4. The van der Waals surface area contributed by atoms with Gasteiger partial charge in [-0.1, -0.05) is 18.2 Å². The second kappa shape index (κ2) is 6.08. The molecule has 0 aliphatic carbocycles. The number of carbonyl (C=O) groups excluding carboxylic acids is 1. The summed E-state index contributed by atoms with van der Waals surface area (Å²) in [6, 6.07) is 11.9. The predicted molar refractivity (Wildman–Crippen MR) is 76.7 cm³/mol. The highest BCUT2D eigenvalue weighted by atomic mass is 16.5. The maximum absolute atomic E-state index is 11.4. The first-order chi connectivity index (χ1) is 9.61. The fourth-order valence-corrected chi connectivity index (χ4v) is 1.88. The molecule has 0 radical (unpaired) electrons. The summed E-state index contributed by atoms with van der Waals surface area (Å²) in [5.41, 5.74) is 12.6. The average Bonchev–Trinajstić information content (AvgIpc) is 2.41. The molecular weight excluding hydrogens is 256 g/mol. The van der Waals surface area contributed by atoms with Gasteiger partial charge in [0.15, 0.2) is 0 Å². The Bertz CT molecular complexity index is 626. The molecule has 2 aromatic rings. The lowest BCUT2D eigenvalue weighted by molar-refractivity contribution is 0.0998. The number of hydrogen-bond donors (Lipinski definition) is 3. The Labute approximate surface area is 116 Å².